The molecule has 3 aromatic rings. The predicted octanol–water partition coefficient (Wildman–Crippen LogP) is 2.94. The molecule has 4 rings (SSSR count). The molecule has 134 valence electrons. The maximum atomic E-state index is 13.7. The van der Waals surface area contributed by atoms with Crippen LogP contribution in [0.3, 0.4) is 0 Å². The quantitative estimate of drug-likeness (QED) is 0.784. The average molecular weight is 353 g/mol. The Morgan fingerprint density at radius 1 is 1.23 bits per heavy atom. The van der Waals surface area contributed by atoms with Crippen LogP contribution < -0.4 is 10.9 Å². The fourth-order valence-electron chi connectivity index (χ4n) is 3.42. The van der Waals surface area contributed by atoms with Crippen molar-refractivity contribution in [3.63, 3.8) is 0 Å². The molecule has 0 radical (unpaired) electrons. The molecular formula is C19H20FN5O. The monoisotopic (exact) mass is 353 g/mol. The van der Waals surface area contributed by atoms with E-state index >= 15 is 0 Å². The summed E-state index contributed by atoms with van der Waals surface area (Å²) < 4.78 is 15.4. The first-order chi connectivity index (χ1) is 12.6. The zero-order valence-electron chi connectivity index (χ0n) is 14.5. The molecule has 1 fully saturated rings. The number of benzene rings is 1. The van der Waals surface area contributed by atoms with Crippen LogP contribution in [-0.4, -0.2) is 39.6 Å². The number of nitrogens with one attached hydrogen (secondary N) is 1. The number of fused-ring (bicyclic) bond motifs is 1. The number of piperidine rings is 1. The SMILES string of the molecule is CN1CCC(n2c(Nc3cccnc3)nc3ccc(F)cc3c2=O)CC1. The van der Waals surface area contributed by atoms with E-state index in [0.29, 0.717) is 16.9 Å². The van der Waals surface area contributed by atoms with Gasteiger partial charge in [-0.15, -0.1) is 0 Å². The summed E-state index contributed by atoms with van der Waals surface area (Å²) in [6.45, 7) is 1.81. The molecule has 0 amide bonds. The van der Waals surface area contributed by atoms with Crippen LogP contribution in [0, 0.1) is 5.82 Å². The van der Waals surface area contributed by atoms with E-state index in [2.05, 4.69) is 27.2 Å². The van der Waals surface area contributed by atoms with Gasteiger partial charge in [0.15, 0.2) is 0 Å². The molecule has 0 atom stereocenters. The number of halogens is 1. The maximum Gasteiger partial charge on any atom is 0.263 e. The fourth-order valence-corrected chi connectivity index (χ4v) is 3.42. The zero-order valence-corrected chi connectivity index (χ0v) is 14.5. The van der Waals surface area contributed by atoms with Gasteiger partial charge in [-0.05, 0) is 63.3 Å². The van der Waals surface area contributed by atoms with Gasteiger partial charge in [0.1, 0.15) is 5.82 Å². The molecule has 7 heteroatoms. The van der Waals surface area contributed by atoms with Crippen molar-refractivity contribution in [2.45, 2.75) is 18.9 Å². The summed E-state index contributed by atoms with van der Waals surface area (Å²) >= 11 is 0. The van der Waals surface area contributed by atoms with Crippen molar-refractivity contribution in [2.75, 3.05) is 25.5 Å². The molecule has 1 aromatic carbocycles. The van der Waals surface area contributed by atoms with E-state index in [1.807, 2.05) is 12.1 Å². The van der Waals surface area contributed by atoms with Gasteiger partial charge in [-0.25, -0.2) is 9.37 Å². The lowest BCUT2D eigenvalue weighted by atomic mass is 10.0. The molecule has 26 heavy (non-hydrogen) atoms. The Kier molecular flexibility index (Phi) is 4.38. The molecule has 0 bridgehead atoms. The first kappa shape index (κ1) is 16.7. The molecule has 0 spiro atoms. The summed E-state index contributed by atoms with van der Waals surface area (Å²) in [5, 5.41) is 3.52. The summed E-state index contributed by atoms with van der Waals surface area (Å²) in [5.41, 5.74) is 1.02. The Morgan fingerprint density at radius 3 is 2.77 bits per heavy atom. The molecule has 2 aromatic heterocycles. The van der Waals surface area contributed by atoms with Gasteiger partial charge in [0.2, 0.25) is 5.95 Å². The second kappa shape index (κ2) is 6.84. The van der Waals surface area contributed by atoms with Crippen molar-refractivity contribution < 1.29 is 4.39 Å². The van der Waals surface area contributed by atoms with E-state index in [-0.39, 0.29) is 11.6 Å². The van der Waals surface area contributed by atoms with Gasteiger partial charge in [-0.1, -0.05) is 0 Å². The van der Waals surface area contributed by atoms with Crippen LogP contribution in [0.4, 0.5) is 16.0 Å². The Morgan fingerprint density at radius 2 is 2.04 bits per heavy atom. The summed E-state index contributed by atoms with van der Waals surface area (Å²) in [6, 6.07) is 7.84. The minimum absolute atomic E-state index is 0.0260. The van der Waals surface area contributed by atoms with Crippen LogP contribution in [0.2, 0.25) is 0 Å². The van der Waals surface area contributed by atoms with Crippen LogP contribution >= 0.6 is 0 Å². The Hall–Kier alpha value is -2.80. The molecule has 1 aliphatic heterocycles. The van der Waals surface area contributed by atoms with Gasteiger partial charge in [0.25, 0.3) is 5.56 Å². The highest BCUT2D eigenvalue weighted by molar-refractivity contribution is 5.79. The van der Waals surface area contributed by atoms with Crippen molar-refractivity contribution in [1.82, 2.24) is 19.4 Å². The van der Waals surface area contributed by atoms with Gasteiger partial charge < -0.3 is 10.2 Å². The van der Waals surface area contributed by atoms with Gasteiger partial charge in [-0.2, -0.15) is 0 Å². The molecular weight excluding hydrogens is 333 g/mol. The van der Waals surface area contributed by atoms with Crippen molar-refractivity contribution in [1.29, 1.82) is 0 Å². The van der Waals surface area contributed by atoms with E-state index in [9.17, 15) is 9.18 Å². The van der Waals surface area contributed by atoms with Gasteiger partial charge in [-0.3, -0.25) is 14.3 Å². The second-order valence-corrected chi connectivity index (χ2v) is 6.67. The first-order valence-electron chi connectivity index (χ1n) is 8.69. The molecule has 0 saturated carbocycles. The number of nitrogens with zero attached hydrogens (tertiary/aromatic N) is 4. The minimum atomic E-state index is -0.431. The van der Waals surface area contributed by atoms with Crippen molar-refractivity contribution in [3.8, 4) is 0 Å². The van der Waals surface area contributed by atoms with Crippen molar-refractivity contribution >= 4 is 22.5 Å². The van der Waals surface area contributed by atoms with E-state index in [4.69, 9.17) is 0 Å². The first-order valence-corrected chi connectivity index (χ1v) is 8.69. The van der Waals surface area contributed by atoms with Gasteiger partial charge in [0, 0.05) is 12.2 Å². The number of anilines is 2. The van der Waals surface area contributed by atoms with Crippen LogP contribution in [0.5, 0.6) is 0 Å². The number of pyridine rings is 1. The minimum Gasteiger partial charge on any atom is -0.324 e. The highest BCUT2D eigenvalue weighted by atomic mass is 19.1. The van der Waals surface area contributed by atoms with E-state index in [1.165, 1.54) is 12.1 Å². The summed E-state index contributed by atoms with van der Waals surface area (Å²) in [7, 11) is 2.07. The lowest BCUT2D eigenvalue weighted by Gasteiger charge is -2.31. The summed E-state index contributed by atoms with van der Waals surface area (Å²) in [4.78, 5) is 24.1. The standard InChI is InChI=1S/C19H20FN5O/c1-24-9-6-15(7-10-24)25-18(26)16-11-13(20)4-5-17(16)23-19(25)22-14-3-2-8-21-12-14/h2-5,8,11-12,15H,6-7,9-10H2,1H3,(H,22,23). The number of hydrogen-bond acceptors (Lipinski definition) is 5. The third-order valence-electron chi connectivity index (χ3n) is 4.83. The predicted molar refractivity (Wildman–Crippen MR) is 99.2 cm³/mol. The number of rotatable bonds is 3. The number of likely N-dealkylation sites (tertiary alicyclic amines) is 1. The van der Waals surface area contributed by atoms with Crippen molar-refractivity contribution in [2.24, 2.45) is 0 Å². The third-order valence-corrected chi connectivity index (χ3v) is 4.83. The summed E-state index contributed by atoms with van der Waals surface area (Å²) in [5.74, 6) is 0.0379. The molecule has 0 aliphatic carbocycles. The van der Waals surface area contributed by atoms with E-state index in [0.717, 1.165) is 31.6 Å². The van der Waals surface area contributed by atoms with Crippen LogP contribution in [0.25, 0.3) is 10.9 Å². The molecule has 3 heterocycles. The highest BCUT2D eigenvalue weighted by Gasteiger charge is 2.23. The Labute approximate surface area is 150 Å². The lowest BCUT2D eigenvalue weighted by Crippen LogP contribution is -2.36. The zero-order chi connectivity index (χ0) is 18.1. The Balaban J connectivity index is 1.86. The largest absolute Gasteiger partial charge is 0.324 e. The van der Waals surface area contributed by atoms with Crippen LogP contribution in [-0.2, 0) is 0 Å². The van der Waals surface area contributed by atoms with Gasteiger partial charge >= 0.3 is 0 Å². The normalized spacial score (nSPS) is 16.1. The third kappa shape index (κ3) is 3.17. The topological polar surface area (TPSA) is 63.1 Å². The summed E-state index contributed by atoms with van der Waals surface area (Å²) in [6.07, 6.45) is 5.06. The van der Waals surface area contributed by atoms with E-state index in [1.54, 1.807) is 23.0 Å². The lowest BCUT2D eigenvalue weighted by molar-refractivity contribution is 0.220. The average Bonchev–Trinajstić information content (AvgIpc) is 2.65. The van der Waals surface area contributed by atoms with Crippen LogP contribution in [0.1, 0.15) is 18.9 Å². The molecule has 0 unspecified atom stereocenters. The molecule has 1 saturated heterocycles. The maximum absolute atomic E-state index is 13.7. The number of hydrogen-bond donors (Lipinski definition) is 1. The molecule has 6 nitrogen and oxygen atoms in total. The Bertz CT molecular complexity index is 980. The highest BCUT2D eigenvalue weighted by Crippen LogP contribution is 2.26. The second-order valence-electron chi connectivity index (χ2n) is 6.67. The fraction of sp³-hybridized carbons (Fsp3) is 0.316. The number of aromatic nitrogens is 3. The van der Waals surface area contributed by atoms with Crippen LogP contribution in [0.15, 0.2) is 47.5 Å². The molecule has 1 N–H and O–H groups in total. The molecule has 1 aliphatic rings. The smallest absolute Gasteiger partial charge is 0.263 e. The van der Waals surface area contributed by atoms with Crippen molar-refractivity contribution in [3.05, 3.63) is 58.9 Å². The van der Waals surface area contributed by atoms with E-state index < -0.39 is 5.82 Å². The van der Waals surface area contributed by atoms with Gasteiger partial charge in [0.05, 0.1) is 22.8 Å².